The molecule has 1 amide bonds. The maximum absolute atomic E-state index is 13.1. The third-order valence-electron chi connectivity index (χ3n) is 3.93. The number of halogens is 2. The molecular formula is C19H13ClFN5O. The topological polar surface area (TPSA) is 79.3 Å². The van der Waals surface area contributed by atoms with Crippen LogP contribution in [0, 0.1) is 5.82 Å². The van der Waals surface area contributed by atoms with Crippen LogP contribution >= 0.6 is 11.6 Å². The summed E-state index contributed by atoms with van der Waals surface area (Å²) in [6.45, 7) is 0.297. The molecule has 0 radical (unpaired) electrons. The lowest BCUT2D eigenvalue weighted by molar-refractivity contribution is -0.114. The second-order valence-electron chi connectivity index (χ2n) is 5.82. The quantitative estimate of drug-likeness (QED) is 0.682. The van der Waals surface area contributed by atoms with Gasteiger partial charge in [0.1, 0.15) is 11.5 Å². The van der Waals surface area contributed by atoms with E-state index in [-0.39, 0.29) is 0 Å². The molecule has 0 aliphatic carbocycles. The van der Waals surface area contributed by atoms with E-state index in [2.05, 4.69) is 25.6 Å². The van der Waals surface area contributed by atoms with Crippen LogP contribution in [0.5, 0.6) is 0 Å². The maximum atomic E-state index is 13.1. The summed E-state index contributed by atoms with van der Waals surface area (Å²) in [6, 6.07) is 11.4. The highest BCUT2D eigenvalue weighted by molar-refractivity contribution is 6.31. The Morgan fingerprint density at radius 2 is 2.07 bits per heavy atom. The summed E-state index contributed by atoms with van der Waals surface area (Å²) >= 11 is 6.00. The molecule has 3 aromatic rings. The van der Waals surface area contributed by atoms with Crippen molar-refractivity contribution in [3.8, 4) is 0 Å². The Balaban J connectivity index is 1.47. The van der Waals surface area contributed by atoms with Gasteiger partial charge in [-0.2, -0.15) is 4.99 Å². The molecule has 0 unspecified atom stereocenters. The maximum Gasteiger partial charge on any atom is 0.296 e. The van der Waals surface area contributed by atoms with E-state index in [4.69, 9.17) is 11.6 Å². The molecule has 6 nitrogen and oxygen atoms in total. The number of amides is 1. The number of nitrogens with zero attached hydrogens (tertiary/aromatic N) is 3. The van der Waals surface area contributed by atoms with Crippen LogP contribution in [0.2, 0.25) is 5.02 Å². The highest BCUT2D eigenvalue weighted by Gasteiger charge is 2.20. The number of nitrogens with one attached hydrogen (secondary N) is 2. The summed E-state index contributed by atoms with van der Waals surface area (Å²) in [5, 5.41) is 6.19. The molecule has 27 heavy (non-hydrogen) atoms. The Hall–Kier alpha value is -3.32. The van der Waals surface area contributed by atoms with E-state index in [1.54, 1.807) is 30.5 Å². The number of aliphatic imine (C=N–C) groups is 1. The minimum Gasteiger partial charge on any atom is -0.352 e. The van der Waals surface area contributed by atoms with Gasteiger partial charge in [-0.3, -0.25) is 9.78 Å². The van der Waals surface area contributed by atoms with Crippen molar-refractivity contribution in [2.24, 2.45) is 4.99 Å². The monoisotopic (exact) mass is 381 g/mol. The minimum absolute atomic E-state index is 0.297. The van der Waals surface area contributed by atoms with E-state index in [0.717, 1.165) is 11.0 Å². The fourth-order valence-electron chi connectivity index (χ4n) is 2.60. The second kappa shape index (κ2) is 7.13. The number of rotatable bonds is 3. The van der Waals surface area contributed by atoms with Gasteiger partial charge in [0.25, 0.3) is 5.91 Å². The largest absolute Gasteiger partial charge is 0.352 e. The molecule has 8 heteroatoms. The SMILES string of the molecule is O=C1N=C(NCc2ccc(F)cc2Cl)N/C1=C\c1ccc2ncccc2n1. The van der Waals surface area contributed by atoms with Crippen molar-refractivity contribution in [1.82, 2.24) is 20.6 Å². The molecule has 0 saturated carbocycles. The van der Waals surface area contributed by atoms with E-state index in [1.165, 1.54) is 12.1 Å². The Kier molecular flexibility index (Phi) is 4.52. The third kappa shape index (κ3) is 3.78. The van der Waals surface area contributed by atoms with Crippen molar-refractivity contribution in [1.29, 1.82) is 0 Å². The van der Waals surface area contributed by atoms with E-state index >= 15 is 0 Å². The highest BCUT2D eigenvalue weighted by atomic mass is 35.5. The van der Waals surface area contributed by atoms with Crippen molar-refractivity contribution >= 4 is 40.6 Å². The molecule has 0 bridgehead atoms. The summed E-state index contributed by atoms with van der Waals surface area (Å²) in [6.07, 6.45) is 3.32. The van der Waals surface area contributed by atoms with Crippen molar-refractivity contribution in [2.45, 2.75) is 6.54 Å². The fraction of sp³-hybridized carbons (Fsp3) is 0.0526. The number of carbonyl (C=O) groups is 1. The first-order valence-corrected chi connectivity index (χ1v) is 8.47. The molecule has 3 heterocycles. The first kappa shape index (κ1) is 17.1. The van der Waals surface area contributed by atoms with Gasteiger partial charge >= 0.3 is 0 Å². The number of hydrogen-bond donors (Lipinski definition) is 2. The van der Waals surface area contributed by atoms with Gasteiger partial charge in [-0.1, -0.05) is 17.7 Å². The Bertz CT molecular complexity index is 1110. The Morgan fingerprint density at radius 1 is 1.19 bits per heavy atom. The molecule has 4 rings (SSSR count). The number of guanidine groups is 1. The van der Waals surface area contributed by atoms with Crippen molar-refractivity contribution in [3.63, 3.8) is 0 Å². The average Bonchev–Trinajstić information content (AvgIpc) is 3.00. The first-order chi connectivity index (χ1) is 13.1. The lowest BCUT2D eigenvalue weighted by Crippen LogP contribution is -2.32. The van der Waals surface area contributed by atoms with E-state index in [9.17, 15) is 9.18 Å². The van der Waals surface area contributed by atoms with E-state index in [0.29, 0.717) is 34.5 Å². The van der Waals surface area contributed by atoms with E-state index < -0.39 is 11.7 Å². The molecule has 1 aliphatic heterocycles. The molecule has 1 aliphatic rings. The van der Waals surface area contributed by atoms with Crippen LogP contribution in [0.1, 0.15) is 11.3 Å². The second-order valence-corrected chi connectivity index (χ2v) is 6.22. The van der Waals surface area contributed by atoms with Crippen LogP contribution in [0.3, 0.4) is 0 Å². The summed E-state index contributed by atoms with van der Waals surface area (Å²) in [5.41, 5.74) is 3.13. The number of fused-ring (bicyclic) bond motifs is 1. The van der Waals surface area contributed by atoms with Crippen LogP contribution in [0.15, 0.2) is 59.4 Å². The summed E-state index contributed by atoms with van der Waals surface area (Å²) in [4.78, 5) is 24.7. The van der Waals surface area contributed by atoms with Gasteiger partial charge in [-0.15, -0.1) is 0 Å². The van der Waals surface area contributed by atoms with Gasteiger partial charge < -0.3 is 10.6 Å². The normalized spacial score (nSPS) is 15.1. The zero-order valence-electron chi connectivity index (χ0n) is 13.9. The van der Waals surface area contributed by atoms with Crippen molar-refractivity contribution in [2.75, 3.05) is 0 Å². The zero-order chi connectivity index (χ0) is 18.8. The first-order valence-electron chi connectivity index (χ1n) is 8.10. The molecule has 0 atom stereocenters. The molecule has 0 saturated heterocycles. The van der Waals surface area contributed by atoms with Gasteiger partial charge in [0.05, 0.1) is 16.7 Å². The number of hydrogen-bond acceptors (Lipinski definition) is 5. The number of aromatic nitrogens is 2. The zero-order valence-corrected chi connectivity index (χ0v) is 14.7. The highest BCUT2D eigenvalue weighted by Crippen LogP contribution is 2.17. The van der Waals surface area contributed by atoms with Gasteiger partial charge in [0.2, 0.25) is 5.96 Å². The molecular weight excluding hydrogens is 369 g/mol. The summed E-state index contributed by atoms with van der Waals surface area (Å²) < 4.78 is 13.1. The number of pyridine rings is 2. The van der Waals surface area contributed by atoms with Crippen LogP contribution in [0.4, 0.5) is 4.39 Å². The Morgan fingerprint density at radius 3 is 2.93 bits per heavy atom. The van der Waals surface area contributed by atoms with Crippen molar-refractivity contribution < 1.29 is 9.18 Å². The van der Waals surface area contributed by atoms with Gasteiger partial charge in [0.15, 0.2) is 0 Å². The predicted molar refractivity (Wildman–Crippen MR) is 101 cm³/mol. The third-order valence-corrected chi connectivity index (χ3v) is 4.28. The standard InChI is InChI=1S/C19H13ClFN5O/c20-14-8-12(21)4-3-11(14)10-23-19-25-17(18(27)26-19)9-13-5-6-15-16(24-13)2-1-7-22-15/h1-9H,10H2,(H2,23,25,26,27)/b17-9-. The van der Waals surface area contributed by atoms with Crippen molar-refractivity contribution in [3.05, 3.63) is 76.5 Å². The lowest BCUT2D eigenvalue weighted by Gasteiger charge is -2.08. The number of carbonyl (C=O) groups excluding carboxylic acids is 1. The van der Waals surface area contributed by atoms with Crippen LogP contribution in [-0.4, -0.2) is 21.8 Å². The summed E-state index contributed by atoms with van der Waals surface area (Å²) in [5.74, 6) is -0.511. The van der Waals surface area contributed by atoms with Gasteiger partial charge in [-0.05, 0) is 48.0 Å². The number of benzene rings is 1. The fourth-order valence-corrected chi connectivity index (χ4v) is 2.83. The van der Waals surface area contributed by atoms with Crippen LogP contribution in [-0.2, 0) is 11.3 Å². The minimum atomic E-state index is -0.407. The summed E-state index contributed by atoms with van der Waals surface area (Å²) in [7, 11) is 0. The Labute approximate surface area is 158 Å². The molecule has 134 valence electrons. The van der Waals surface area contributed by atoms with E-state index in [1.807, 2.05) is 12.1 Å². The molecule has 1 aromatic carbocycles. The van der Waals surface area contributed by atoms with Crippen LogP contribution < -0.4 is 10.6 Å². The average molecular weight is 382 g/mol. The molecule has 2 N–H and O–H groups in total. The molecule has 0 spiro atoms. The van der Waals surface area contributed by atoms with Gasteiger partial charge in [-0.25, -0.2) is 9.37 Å². The smallest absolute Gasteiger partial charge is 0.296 e. The lowest BCUT2D eigenvalue weighted by atomic mass is 10.2. The molecule has 2 aromatic heterocycles. The predicted octanol–water partition coefficient (Wildman–Crippen LogP) is 3.04. The van der Waals surface area contributed by atoms with Crippen LogP contribution in [0.25, 0.3) is 17.1 Å². The molecule has 0 fully saturated rings. The van der Waals surface area contributed by atoms with Gasteiger partial charge in [0, 0.05) is 17.8 Å².